The van der Waals surface area contributed by atoms with Crippen LogP contribution in [0.3, 0.4) is 0 Å². The Balaban J connectivity index is 2.61. The number of fused-ring (bicyclic) bond motifs is 1. The maximum atomic E-state index is 12.3. The van der Waals surface area contributed by atoms with E-state index < -0.39 is 5.51 Å². The van der Waals surface area contributed by atoms with Gasteiger partial charge in [0.2, 0.25) is 0 Å². The highest BCUT2D eigenvalue weighted by atomic mass is 79.9. The van der Waals surface area contributed by atoms with Crippen LogP contribution in [0.2, 0.25) is 5.15 Å². The Bertz CT molecular complexity index is 541. The first-order chi connectivity index (χ1) is 7.38. The first-order valence-electron chi connectivity index (χ1n) is 3.83. The third kappa shape index (κ3) is 2.28. The lowest BCUT2D eigenvalue weighted by Crippen LogP contribution is -1.99. The van der Waals surface area contributed by atoms with Crippen molar-refractivity contribution in [3.63, 3.8) is 0 Å². The van der Waals surface area contributed by atoms with Crippen molar-refractivity contribution in [2.75, 3.05) is 0 Å². The van der Waals surface area contributed by atoms with Gasteiger partial charge >= 0.3 is 5.51 Å². The normalized spacial score (nSPS) is 12.3. The lowest BCUT2D eigenvalue weighted by Gasteiger charge is -2.03. The maximum absolute atomic E-state index is 12.3. The van der Waals surface area contributed by atoms with Crippen LogP contribution in [0.5, 0.6) is 0 Å². The molecular formula is C7H2BrClF3N3S. The molecule has 16 heavy (non-hydrogen) atoms. The molecule has 0 fully saturated rings. The first kappa shape index (κ1) is 12.0. The Morgan fingerprint density at radius 2 is 2.12 bits per heavy atom. The van der Waals surface area contributed by atoms with Crippen LogP contribution in [-0.4, -0.2) is 20.1 Å². The molecule has 86 valence electrons. The van der Waals surface area contributed by atoms with Crippen molar-refractivity contribution in [2.24, 2.45) is 0 Å². The van der Waals surface area contributed by atoms with E-state index in [2.05, 4.69) is 26.0 Å². The topological polar surface area (TPSA) is 30.2 Å². The Kier molecular flexibility index (Phi) is 3.06. The van der Waals surface area contributed by atoms with E-state index in [0.29, 0.717) is 0 Å². The van der Waals surface area contributed by atoms with Crippen LogP contribution in [-0.2, 0) is 0 Å². The summed E-state index contributed by atoms with van der Waals surface area (Å²) in [4.78, 5) is 3.71. The predicted octanol–water partition coefficient (Wildman–Crippen LogP) is 3.76. The van der Waals surface area contributed by atoms with Gasteiger partial charge in [-0.2, -0.15) is 18.3 Å². The van der Waals surface area contributed by atoms with Gasteiger partial charge in [0.25, 0.3) is 0 Å². The molecule has 9 heteroatoms. The van der Waals surface area contributed by atoms with E-state index in [4.69, 9.17) is 11.6 Å². The number of hydrogen-bond donors (Lipinski definition) is 0. The second-order valence-electron chi connectivity index (χ2n) is 2.67. The summed E-state index contributed by atoms with van der Waals surface area (Å²) in [7, 11) is 0. The molecule has 0 saturated carbocycles. The molecule has 0 radical (unpaired) electrons. The molecule has 0 aromatic carbocycles. The molecule has 0 bridgehead atoms. The average molecular weight is 333 g/mol. The van der Waals surface area contributed by atoms with Gasteiger partial charge in [-0.15, -0.1) is 0 Å². The van der Waals surface area contributed by atoms with Gasteiger partial charge in [-0.1, -0.05) is 11.6 Å². The lowest BCUT2D eigenvalue weighted by molar-refractivity contribution is -0.0328. The standard InChI is InChI=1S/C7H2BrClF3N3S/c8-5-4(16-7(10,11)12)6-13-2-1-3(9)15(6)14-5/h1-2H. The molecule has 0 aliphatic carbocycles. The highest BCUT2D eigenvalue weighted by Crippen LogP contribution is 2.42. The summed E-state index contributed by atoms with van der Waals surface area (Å²) in [6, 6.07) is 1.44. The fourth-order valence-electron chi connectivity index (χ4n) is 1.07. The van der Waals surface area contributed by atoms with E-state index >= 15 is 0 Å². The molecule has 2 aromatic rings. The number of thioether (sulfide) groups is 1. The molecule has 2 rings (SSSR count). The second kappa shape index (κ2) is 4.08. The molecule has 0 atom stereocenters. The van der Waals surface area contributed by atoms with E-state index in [1.807, 2.05) is 0 Å². The van der Waals surface area contributed by atoms with Crippen molar-refractivity contribution in [1.29, 1.82) is 0 Å². The van der Waals surface area contributed by atoms with Gasteiger partial charge in [-0.3, -0.25) is 0 Å². The largest absolute Gasteiger partial charge is 0.446 e. The number of aromatic nitrogens is 3. The molecule has 2 heterocycles. The minimum absolute atomic E-state index is 0.0652. The second-order valence-corrected chi connectivity index (χ2v) is 4.88. The molecule has 0 saturated heterocycles. The Morgan fingerprint density at radius 3 is 2.75 bits per heavy atom. The molecule has 0 amide bonds. The van der Waals surface area contributed by atoms with E-state index in [1.54, 1.807) is 0 Å². The monoisotopic (exact) mass is 331 g/mol. The number of nitrogens with zero attached hydrogens (tertiary/aromatic N) is 3. The van der Waals surface area contributed by atoms with Crippen LogP contribution in [0.4, 0.5) is 13.2 Å². The van der Waals surface area contributed by atoms with Gasteiger partial charge in [0.1, 0.15) is 9.76 Å². The molecule has 2 aromatic heterocycles. The summed E-state index contributed by atoms with van der Waals surface area (Å²) >= 11 is 8.43. The average Bonchev–Trinajstić information content (AvgIpc) is 2.44. The molecule has 3 nitrogen and oxygen atoms in total. The minimum atomic E-state index is -4.39. The first-order valence-corrected chi connectivity index (χ1v) is 5.82. The maximum Gasteiger partial charge on any atom is 0.446 e. The van der Waals surface area contributed by atoms with Crippen molar-refractivity contribution in [1.82, 2.24) is 14.6 Å². The van der Waals surface area contributed by atoms with E-state index in [1.165, 1.54) is 12.3 Å². The molecule has 0 aliphatic rings. The van der Waals surface area contributed by atoms with Crippen molar-refractivity contribution in [2.45, 2.75) is 10.4 Å². The van der Waals surface area contributed by atoms with Crippen molar-refractivity contribution >= 4 is 44.9 Å². The van der Waals surface area contributed by atoms with Crippen molar-refractivity contribution < 1.29 is 13.2 Å². The molecule has 0 spiro atoms. The molecule has 0 N–H and O–H groups in total. The minimum Gasteiger partial charge on any atom is -0.236 e. The van der Waals surface area contributed by atoms with Gasteiger partial charge < -0.3 is 0 Å². The fraction of sp³-hybridized carbons (Fsp3) is 0.143. The van der Waals surface area contributed by atoms with Gasteiger partial charge in [-0.05, 0) is 33.8 Å². The van der Waals surface area contributed by atoms with Gasteiger partial charge in [0.15, 0.2) is 5.65 Å². The smallest absolute Gasteiger partial charge is 0.236 e. The highest BCUT2D eigenvalue weighted by Gasteiger charge is 2.33. The fourth-order valence-corrected chi connectivity index (χ4v) is 2.41. The number of rotatable bonds is 1. The molecule has 0 unspecified atom stereocenters. The SMILES string of the molecule is FC(F)(F)Sc1c(Br)nn2c(Cl)ccnc12. The van der Waals surface area contributed by atoms with Gasteiger partial charge in [0.05, 0.1) is 4.90 Å². The molecular weight excluding hydrogens is 331 g/mol. The zero-order valence-corrected chi connectivity index (χ0v) is 10.5. The van der Waals surface area contributed by atoms with Gasteiger partial charge in [-0.25, -0.2) is 9.50 Å². The predicted molar refractivity (Wildman–Crippen MR) is 57.6 cm³/mol. The third-order valence-electron chi connectivity index (χ3n) is 1.61. The summed E-state index contributed by atoms with van der Waals surface area (Å²) in [5.74, 6) is 0. The van der Waals surface area contributed by atoms with Crippen LogP contribution in [0, 0.1) is 0 Å². The van der Waals surface area contributed by atoms with Crippen LogP contribution in [0.25, 0.3) is 5.65 Å². The van der Waals surface area contributed by atoms with Crippen molar-refractivity contribution in [3.05, 3.63) is 22.0 Å². The number of alkyl halides is 3. The summed E-state index contributed by atoms with van der Waals surface area (Å²) in [5.41, 5.74) is -4.32. The zero-order valence-electron chi connectivity index (χ0n) is 7.29. The quantitative estimate of drug-likeness (QED) is 0.588. The van der Waals surface area contributed by atoms with Crippen LogP contribution < -0.4 is 0 Å². The summed E-state index contributed by atoms with van der Waals surface area (Å²) in [6.07, 6.45) is 1.33. The third-order valence-corrected chi connectivity index (χ3v) is 3.52. The molecule has 0 aliphatic heterocycles. The summed E-state index contributed by atoms with van der Waals surface area (Å²) in [5, 5.41) is 4.01. The van der Waals surface area contributed by atoms with E-state index in [-0.39, 0.29) is 32.1 Å². The highest BCUT2D eigenvalue weighted by molar-refractivity contribution is 9.10. The number of halogens is 5. The zero-order chi connectivity index (χ0) is 11.9. The van der Waals surface area contributed by atoms with Crippen LogP contribution in [0.1, 0.15) is 0 Å². The lowest BCUT2D eigenvalue weighted by atomic mass is 10.6. The van der Waals surface area contributed by atoms with Gasteiger partial charge in [0, 0.05) is 6.20 Å². The Labute approximate surface area is 105 Å². The van der Waals surface area contributed by atoms with Crippen LogP contribution in [0.15, 0.2) is 21.8 Å². The Hall–Kier alpha value is -0.470. The van der Waals surface area contributed by atoms with E-state index in [0.717, 1.165) is 4.52 Å². The van der Waals surface area contributed by atoms with Crippen LogP contribution >= 0.6 is 39.3 Å². The summed E-state index contributed by atoms with van der Waals surface area (Å²) in [6.45, 7) is 0. The van der Waals surface area contributed by atoms with E-state index in [9.17, 15) is 13.2 Å². The Morgan fingerprint density at radius 1 is 1.44 bits per heavy atom. The van der Waals surface area contributed by atoms with Crippen molar-refractivity contribution in [3.8, 4) is 0 Å². The summed E-state index contributed by atoms with van der Waals surface area (Å²) < 4.78 is 38.0. The number of hydrogen-bond acceptors (Lipinski definition) is 3.